The summed E-state index contributed by atoms with van der Waals surface area (Å²) in [6.07, 6.45) is 7.70. The first-order valence-electron chi connectivity index (χ1n) is 7.81. The summed E-state index contributed by atoms with van der Waals surface area (Å²) in [7, 11) is 0. The lowest BCUT2D eigenvalue weighted by Gasteiger charge is -2.30. The SMILES string of the molecule is O=C(CN1CCC(c2ncco2)CC1)NC[C@H]1CCCO1. The van der Waals surface area contributed by atoms with Crippen LogP contribution in [-0.2, 0) is 9.53 Å². The van der Waals surface area contributed by atoms with Gasteiger partial charge in [-0.05, 0) is 38.8 Å². The van der Waals surface area contributed by atoms with Gasteiger partial charge in [0.25, 0.3) is 0 Å². The Kier molecular flexibility index (Phi) is 4.87. The van der Waals surface area contributed by atoms with E-state index in [9.17, 15) is 4.79 Å². The van der Waals surface area contributed by atoms with Gasteiger partial charge in [0.2, 0.25) is 5.91 Å². The molecule has 0 bridgehead atoms. The number of nitrogens with one attached hydrogen (secondary N) is 1. The van der Waals surface area contributed by atoms with Gasteiger partial charge in [-0.25, -0.2) is 4.98 Å². The summed E-state index contributed by atoms with van der Waals surface area (Å²) in [5.41, 5.74) is 0. The van der Waals surface area contributed by atoms with E-state index >= 15 is 0 Å². The number of nitrogens with zero attached hydrogens (tertiary/aromatic N) is 2. The highest BCUT2D eigenvalue weighted by atomic mass is 16.5. The van der Waals surface area contributed by atoms with Crippen molar-refractivity contribution < 1.29 is 13.9 Å². The van der Waals surface area contributed by atoms with E-state index in [-0.39, 0.29) is 12.0 Å². The third-order valence-electron chi connectivity index (χ3n) is 4.31. The number of hydrogen-bond donors (Lipinski definition) is 1. The first-order chi connectivity index (χ1) is 10.3. The number of likely N-dealkylation sites (tertiary alicyclic amines) is 1. The molecule has 0 radical (unpaired) electrons. The number of aromatic nitrogens is 1. The molecule has 1 amide bonds. The molecule has 21 heavy (non-hydrogen) atoms. The van der Waals surface area contributed by atoms with E-state index in [1.807, 2.05) is 0 Å². The molecular weight excluding hydrogens is 270 g/mol. The van der Waals surface area contributed by atoms with E-state index < -0.39 is 0 Å². The molecule has 3 heterocycles. The number of oxazole rings is 1. The molecule has 6 nitrogen and oxygen atoms in total. The van der Waals surface area contributed by atoms with Gasteiger partial charge in [0, 0.05) is 19.1 Å². The van der Waals surface area contributed by atoms with Gasteiger partial charge in [-0.1, -0.05) is 0 Å². The lowest BCUT2D eigenvalue weighted by Crippen LogP contribution is -2.43. The highest BCUT2D eigenvalue weighted by molar-refractivity contribution is 5.78. The van der Waals surface area contributed by atoms with Crippen molar-refractivity contribution in [2.45, 2.75) is 37.7 Å². The molecule has 2 aliphatic rings. The molecule has 3 rings (SSSR count). The molecule has 0 unspecified atom stereocenters. The Bertz CT molecular complexity index is 435. The Hall–Kier alpha value is -1.40. The summed E-state index contributed by atoms with van der Waals surface area (Å²) in [4.78, 5) is 18.4. The average molecular weight is 293 g/mol. The number of amides is 1. The van der Waals surface area contributed by atoms with Crippen LogP contribution in [0.4, 0.5) is 0 Å². The zero-order valence-corrected chi connectivity index (χ0v) is 12.3. The van der Waals surface area contributed by atoms with Gasteiger partial charge >= 0.3 is 0 Å². The fraction of sp³-hybridized carbons (Fsp3) is 0.733. The molecule has 1 atom stereocenters. The highest BCUT2D eigenvalue weighted by Crippen LogP contribution is 2.26. The van der Waals surface area contributed by atoms with Crippen molar-refractivity contribution in [1.29, 1.82) is 0 Å². The van der Waals surface area contributed by atoms with Crippen LogP contribution in [-0.4, -0.2) is 54.7 Å². The first-order valence-corrected chi connectivity index (χ1v) is 7.81. The van der Waals surface area contributed by atoms with Gasteiger partial charge in [-0.15, -0.1) is 0 Å². The van der Waals surface area contributed by atoms with E-state index in [1.165, 1.54) is 0 Å². The summed E-state index contributed by atoms with van der Waals surface area (Å²) < 4.78 is 10.9. The van der Waals surface area contributed by atoms with Crippen molar-refractivity contribution in [3.63, 3.8) is 0 Å². The number of rotatable bonds is 5. The zero-order chi connectivity index (χ0) is 14.5. The van der Waals surface area contributed by atoms with Gasteiger partial charge in [0.05, 0.1) is 18.8 Å². The van der Waals surface area contributed by atoms with Crippen LogP contribution >= 0.6 is 0 Å². The van der Waals surface area contributed by atoms with Gasteiger partial charge in [-0.3, -0.25) is 9.69 Å². The fourth-order valence-electron chi connectivity index (χ4n) is 3.07. The molecule has 0 aliphatic carbocycles. The minimum atomic E-state index is 0.0973. The second-order valence-electron chi connectivity index (χ2n) is 5.86. The number of ether oxygens (including phenoxy) is 1. The van der Waals surface area contributed by atoms with Crippen LogP contribution in [0.5, 0.6) is 0 Å². The van der Waals surface area contributed by atoms with Crippen molar-refractivity contribution in [3.05, 3.63) is 18.4 Å². The van der Waals surface area contributed by atoms with Crippen molar-refractivity contribution in [2.24, 2.45) is 0 Å². The topological polar surface area (TPSA) is 67.6 Å². The van der Waals surface area contributed by atoms with Crippen LogP contribution in [0, 0.1) is 0 Å². The van der Waals surface area contributed by atoms with Crippen molar-refractivity contribution in [2.75, 3.05) is 32.8 Å². The molecule has 0 aromatic carbocycles. The number of hydrogen-bond acceptors (Lipinski definition) is 5. The van der Waals surface area contributed by atoms with Gasteiger partial charge in [-0.2, -0.15) is 0 Å². The molecule has 0 saturated carbocycles. The second kappa shape index (κ2) is 7.04. The van der Waals surface area contributed by atoms with E-state index in [0.29, 0.717) is 19.0 Å². The van der Waals surface area contributed by atoms with E-state index in [0.717, 1.165) is 51.3 Å². The Labute approximate surface area is 124 Å². The number of piperidine rings is 1. The lowest BCUT2D eigenvalue weighted by atomic mass is 9.97. The highest BCUT2D eigenvalue weighted by Gasteiger charge is 2.25. The average Bonchev–Trinajstić information content (AvgIpc) is 3.19. The fourth-order valence-corrected chi connectivity index (χ4v) is 3.07. The monoisotopic (exact) mass is 293 g/mol. The molecule has 1 aromatic rings. The predicted molar refractivity (Wildman–Crippen MR) is 76.9 cm³/mol. The minimum Gasteiger partial charge on any atom is -0.449 e. The van der Waals surface area contributed by atoms with Crippen molar-refractivity contribution in [1.82, 2.24) is 15.2 Å². The molecule has 2 fully saturated rings. The van der Waals surface area contributed by atoms with E-state index in [4.69, 9.17) is 9.15 Å². The maximum absolute atomic E-state index is 11.9. The second-order valence-corrected chi connectivity index (χ2v) is 5.86. The predicted octanol–water partition coefficient (Wildman–Crippen LogP) is 1.15. The molecule has 1 N–H and O–H groups in total. The maximum atomic E-state index is 11.9. The van der Waals surface area contributed by atoms with Crippen molar-refractivity contribution in [3.8, 4) is 0 Å². The number of carbonyl (C=O) groups is 1. The van der Waals surface area contributed by atoms with Gasteiger partial charge in [0.1, 0.15) is 6.26 Å². The van der Waals surface area contributed by atoms with E-state index in [2.05, 4.69) is 15.2 Å². The molecule has 1 aromatic heterocycles. The normalized spacial score (nSPS) is 24.3. The van der Waals surface area contributed by atoms with Crippen LogP contribution in [0.15, 0.2) is 16.9 Å². The summed E-state index contributed by atoms with van der Waals surface area (Å²) in [5, 5.41) is 2.97. The smallest absolute Gasteiger partial charge is 0.234 e. The molecule has 116 valence electrons. The first kappa shape index (κ1) is 14.5. The third kappa shape index (κ3) is 4.04. The molecule has 6 heteroatoms. The molecule has 2 aliphatic heterocycles. The van der Waals surface area contributed by atoms with Crippen LogP contribution in [0.2, 0.25) is 0 Å². The molecule has 0 spiro atoms. The maximum Gasteiger partial charge on any atom is 0.234 e. The Morgan fingerprint density at radius 3 is 2.90 bits per heavy atom. The third-order valence-corrected chi connectivity index (χ3v) is 4.31. The van der Waals surface area contributed by atoms with Crippen LogP contribution < -0.4 is 5.32 Å². The molecular formula is C15H23N3O3. The summed E-state index contributed by atoms with van der Waals surface area (Å²) in [5.74, 6) is 1.32. The van der Waals surface area contributed by atoms with E-state index in [1.54, 1.807) is 12.5 Å². The Morgan fingerprint density at radius 1 is 1.38 bits per heavy atom. The quantitative estimate of drug-likeness (QED) is 0.882. The van der Waals surface area contributed by atoms with Crippen LogP contribution in [0.3, 0.4) is 0 Å². The zero-order valence-electron chi connectivity index (χ0n) is 12.3. The number of carbonyl (C=O) groups excluding carboxylic acids is 1. The standard InChI is InChI=1S/C15H23N3O3/c19-14(17-10-13-2-1-8-20-13)11-18-6-3-12(4-7-18)15-16-5-9-21-15/h5,9,12-13H,1-4,6-8,10-11H2,(H,17,19)/t13-/m1/s1. The van der Waals surface area contributed by atoms with Crippen LogP contribution in [0.1, 0.15) is 37.5 Å². The van der Waals surface area contributed by atoms with Gasteiger partial charge in [0.15, 0.2) is 5.89 Å². The molecule has 2 saturated heterocycles. The summed E-state index contributed by atoms with van der Waals surface area (Å²) in [6, 6.07) is 0. The summed E-state index contributed by atoms with van der Waals surface area (Å²) >= 11 is 0. The minimum absolute atomic E-state index is 0.0973. The van der Waals surface area contributed by atoms with Gasteiger partial charge < -0.3 is 14.5 Å². The largest absolute Gasteiger partial charge is 0.449 e. The summed E-state index contributed by atoms with van der Waals surface area (Å²) in [6.45, 7) is 3.78. The Balaban J connectivity index is 1.35. The Morgan fingerprint density at radius 2 is 2.24 bits per heavy atom. The van der Waals surface area contributed by atoms with Crippen LogP contribution in [0.25, 0.3) is 0 Å². The lowest BCUT2D eigenvalue weighted by molar-refractivity contribution is -0.123. The van der Waals surface area contributed by atoms with Crippen molar-refractivity contribution >= 4 is 5.91 Å².